The van der Waals surface area contributed by atoms with Crippen LogP contribution in [0.4, 0.5) is 0 Å². The van der Waals surface area contributed by atoms with E-state index in [1.54, 1.807) is 14.2 Å². The van der Waals surface area contributed by atoms with Crippen molar-refractivity contribution < 1.29 is 14.3 Å². The molecule has 0 aliphatic carbocycles. The molecule has 2 rings (SSSR count). The number of hydrogen-bond acceptors (Lipinski definition) is 4. The predicted octanol–water partition coefficient (Wildman–Crippen LogP) is 2.09. The Bertz CT molecular complexity index is 519. The molecule has 1 amide bonds. The molecule has 5 heteroatoms. The summed E-state index contributed by atoms with van der Waals surface area (Å²) >= 11 is 0. The number of carbonyl (C=O) groups is 1. The van der Waals surface area contributed by atoms with Crippen LogP contribution in [-0.4, -0.2) is 51.2 Å². The number of rotatable bonds is 7. The topological polar surface area (TPSA) is 50.8 Å². The first-order chi connectivity index (χ1) is 11.1. The van der Waals surface area contributed by atoms with Crippen LogP contribution in [0.1, 0.15) is 25.3 Å². The van der Waals surface area contributed by atoms with E-state index in [9.17, 15) is 4.79 Å². The molecule has 1 unspecified atom stereocenters. The molecule has 1 aromatic rings. The molecule has 1 N–H and O–H groups in total. The Morgan fingerprint density at radius 3 is 2.87 bits per heavy atom. The molecular weight excluding hydrogens is 292 g/mol. The SMILES string of the molecule is COc1ccc(OC)c(CC(=O)NCCN2CCCC(C)C2)c1. The molecule has 0 aromatic heterocycles. The monoisotopic (exact) mass is 320 g/mol. The summed E-state index contributed by atoms with van der Waals surface area (Å²) in [6.45, 7) is 6.19. The fraction of sp³-hybridized carbons (Fsp3) is 0.611. The van der Waals surface area contributed by atoms with Gasteiger partial charge in [0.25, 0.3) is 0 Å². The van der Waals surface area contributed by atoms with Gasteiger partial charge in [-0.15, -0.1) is 0 Å². The summed E-state index contributed by atoms with van der Waals surface area (Å²) in [5.74, 6) is 2.23. The fourth-order valence-corrected chi connectivity index (χ4v) is 3.10. The number of likely N-dealkylation sites (tertiary alicyclic amines) is 1. The van der Waals surface area contributed by atoms with Crippen LogP contribution >= 0.6 is 0 Å². The van der Waals surface area contributed by atoms with E-state index in [2.05, 4.69) is 17.1 Å². The highest BCUT2D eigenvalue weighted by atomic mass is 16.5. The summed E-state index contributed by atoms with van der Waals surface area (Å²) in [4.78, 5) is 14.6. The van der Waals surface area contributed by atoms with E-state index >= 15 is 0 Å². The third-order valence-corrected chi connectivity index (χ3v) is 4.33. The second-order valence-electron chi connectivity index (χ2n) is 6.25. The molecule has 1 aliphatic rings. The van der Waals surface area contributed by atoms with E-state index < -0.39 is 0 Å². The van der Waals surface area contributed by atoms with Gasteiger partial charge in [-0.25, -0.2) is 0 Å². The lowest BCUT2D eigenvalue weighted by molar-refractivity contribution is -0.120. The highest BCUT2D eigenvalue weighted by Crippen LogP contribution is 2.24. The van der Waals surface area contributed by atoms with Crippen LogP contribution in [0.25, 0.3) is 0 Å². The summed E-state index contributed by atoms with van der Waals surface area (Å²) < 4.78 is 10.5. The lowest BCUT2D eigenvalue weighted by Crippen LogP contribution is -2.40. The van der Waals surface area contributed by atoms with Crippen LogP contribution in [0.2, 0.25) is 0 Å². The number of piperidine rings is 1. The lowest BCUT2D eigenvalue weighted by Gasteiger charge is -2.30. The number of carbonyl (C=O) groups excluding carboxylic acids is 1. The zero-order valence-electron chi connectivity index (χ0n) is 14.4. The molecule has 1 saturated heterocycles. The lowest BCUT2D eigenvalue weighted by atomic mass is 10.0. The van der Waals surface area contributed by atoms with Crippen molar-refractivity contribution in [1.29, 1.82) is 0 Å². The van der Waals surface area contributed by atoms with Crippen molar-refractivity contribution in [3.05, 3.63) is 23.8 Å². The fourth-order valence-electron chi connectivity index (χ4n) is 3.10. The molecular formula is C18H28N2O3. The summed E-state index contributed by atoms with van der Waals surface area (Å²) in [6.07, 6.45) is 2.88. The van der Waals surface area contributed by atoms with Crippen LogP contribution in [-0.2, 0) is 11.2 Å². The highest BCUT2D eigenvalue weighted by molar-refractivity contribution is 5.79. The minimum atomic E-state index is 0.0154. The average molecular weight is 320 g/mol. The number of benzene rings is 1. The van der Waals surface area contributed by atoms with Gasteiger partial charge in [-0.1, -0.05) is 6.92 Å². The minimum Gasteiger partial charge on any atom is -0.497 e. The Hall–Kier alpha value is -1.75. The van der Waals surface area contributed by atoms with Crippen molar-refractivity contribution >= 4 is 5.91 Å². The smallest absolute Gasteiger partial charge is 0.224 e. The van der Waals surface area contributed by atoms with Gasteiger partial charge in [-0.05, 0) is 43.5 Å². The van der Waals surface area contributed by atoms with Crippen molar-refractivity contribution in [3.63, 3.8) is 0 Å². The number of nitrogens with one attached hydrogen (secondary N) is 1. The van der Waals surface area contributed by atoms with Crippen molar-refractivity contribution in [2.45, 2.75) is 26.2 Å². The van der Waals surface area contributed by atoms with Gasteiger partial charge in [0.1, 0.15) is 11.5 Å². The molecule has 128 valence electrons. The van der Waals surface area contributed by atoms with E-state index in [0.717, 1.165) is 36.9 Å². The Morgan fingerprint density at radius 1 is 1.35 bits per heavy atom. The van der Waals surface area contributed by atoms with E-state index in [1.165, 1.54) is 12.8 Å². The Morgan fingerprint density at radius 2 is 2.17 bits per heavy atom. The van der Waals surface area contributed by atoms with E-state index in [-0.39, 0.29) is 5.91 Å². The molecule has 1 heterocycles. The number of methoxy groups -OCH3 is 2. The normalized spacial score (nSPS) is 18.5. The molecule has 5 nitrogen and oxygen atoms in total. The summed E-state index contributed by atoms with van der Waals surface area (Å²) in [7, 11) is 3.23. The second kappa shape index (κ2) is 8.77. The second-order valence-corrected chi connectivity index (χ2v) is 6.25. The molecule has 1 atom stereocenters. The van der Waals surface area contributed by atoms with Crippen molar-refractivity contribution in [1.82, 2.24) is 10.2 Å². The van der Waals surface area contributed by atoms with Crippen LogP contribution in [0.5, 0.6) is 11.5 Å². The average Bonchev–Trinajstić information content (AvgIpc) is 2.55. The van der Waals surface area contributed by atoms with Crippen molar-refractivity contribution in [2.75, 3.05) is 40.4 Å². The molecule has 1 aromatic carbocycles. The molecule has 0 bridgehead atoms. The largest absolute Gasteiger partial charge is 0.497 e. The van der Waals surface area contributed by atoms with Crippen LogP contribution in [0.15, 0.2) is 18.2 Å². The first-order valence-corrected chi connectivity index (χ1v) is 8.32. The number of amides is 1. The summed E-state index contributed by atoms with van der Waals surface area (Å²) in [5.41, 5.74) is 0.843. The van der Waals surface area contributed by atoms with Gasteiger partial charge >= 0.3 is 0 Å². The number of ether oxygens (including phenoxy) is 2. The van der Waals surface area contributed by atoms with E-state index in [1.807, 2.05) is 18.2 Å². The van der Waals surface area contributed by atoms with Crippen LogP contribution in [0, 0.1) is 5.92 Å². The summed E-state index contributed by atoms with van der Waals surface area (Å²) in [5, 5.41) is 3.01. The molecule has 23 heavy (non-hydrogen) atoms. The molecule has 0 saturated carbocycles. The zero-order chi connectivity index (χ0) is 16.7. The quantitative estimate of drug-likeness (QED) is 0.836. The number of hydrogen-bond donors (Lipinski definition) is 1. The van der Waals surface area contributed by atoms with Crippen molar-refractivity contribution in [2.24, 2.45) is 5.92 Å². The zero-order valence-corrected chi connectivity index (χ0v) is 14.4. The maximum Gasteiger partial charge on any atom is 0.224 e. The van der Waals surface area contributed by atoms with E-state index in [0.29, 0.717) is 18.7 Å². The Balaban J connectivity index is 1.80. The maximum absolute atomic E-state index is 12.2. The van der Waals surface area contributed by atoms with Gasteiger partial charge in [-0.3, -0.25) is 4.79 Å². The molecule has 1 aliphatic heterocycles. The minimum absolute atomic E-state index is 0.0154. The first kappa shape index (κ1) is 17.6. The predicted molar refractivity (Wildman–Crippen MR) is 91.1 cm³/mol. The van der Waals surface area contributed by atoms with Gasteiger partial charge in [-0.2, -0.15) is 0 Å². The standard InChI is InChI=1S/C18H28N2O3/c1-14-5-4-9-20(13-14)10-8-19-18(21)12-15-11-16(22-2)6-7-17(15)23-3/h6-7,11,14H,4-5,8-10,12-13H2,1-3H3,(H,19,21). The van der Waals surface area contributed by atoms with Gasteiger partial charge < -0.3 is 19.7 Å². The summed E-state index contributed by atoms with van der Waals surface area (Å²) in [6, 6.07) is 5.51. The Labute approximate surface area is 139 Å². The van der Waals surface area contributed by atoms with E-state index in [4.69, 9.17) is 9.47 Å². The van der Waals surface area contributed by atoms with Gasteiger partial charge in [0.15, 0.2) is 0 Å². The number of nitrogens with zero attached hydrogens (tertiary/aromatic N) is 1. The van der Waals surface area contributed by atoms with Gasteiger partial charge in [0.05, 0.1) is 20.6 Å². The first-order valence-electron chi connectivity index (χ1n) is 8.32. The maximum atomic E-state index is 12.2. The van der Waals surface area contributed by atoms with Crippen molar-refractivity contribution in [3.8, 4) is 11.5 Å². The highest BCUT2D eigenvalue weighted by Gasteiger charge is 2.16. The third kappa shape index (κ3) is 5.43. The van der Waals surface area contributed by atoms with Gasteiger partial charge in [0.2, 0.25) is 5.91 Å². The Kier molecular flexibility index (Phi) is 6.71. The molecule has 1 fully saturated rings. The molecule has 0 spiro atoms. The van der Waals surface area contributed by atoms with Crippen LogP contribution in [0.3, 0.4) is 0 Å². The third-order valence-electron chi connectivity index (χ3n) is 4.33. The molecule has 0 radical (unpaired) electrons. The van der Waals surface area contributed by atoms with Gasteiger partial charge in [0, 0.05) is 25.2 Å². The van der Waals surface area contributed by atoms with Crippen LogP contribution < -0.4 is 14.8 Å².